The third-order valence-corrected chi connectivity index (χ3v) is 3.81. The second kappa shape index (κ2) is 8.76. The number of hydrogen-bond donors (Lipinski definition) is 2. The van der Waals surface area contributed by atoms with Crippen LogP contribution in [0.4, 0.5) is 0 Å². The summed E-state index contributed by atoms with van der Waals surface area (Å²) in [4.78, 5) is 25.7. The molecule has 0 saturated heterocycles. The van der Waals surface area contributed by atoms with Gasteiger partial charge in [-0.2, -0.15) is 0 Å². The van der Waals surface area contributed by atoms with Crippen molar-refractivity contribution in [1.29, 1.82) is 0 Å². The van der Waals surface area contributed by atoms with Crippen molar-refractivity contribution in [2.45, 2.75) is 6.92 Å². The number of amides is 1. The Bertz CT molecular complexity index is 799. The van der Waals surface area contributed by atoms with E-state index in [-0.39, 0.29) is 54.1 Å². The first-order valence-corrected chi connectivity index (χ1v) is 7.09. The SMILES string of the molecule is Cc1cc(C(N)=O)[c-]nc1-c1ccc(OCC(=O)O)c(Cl)c1Cl.[Y]. The van der Waals surface area contributed by atoms with Crippen molar-refractivity contribution in [1.82, 2.24) is 4.98 Å². The number of carboxylic acids is 1. The largest absolute Gasteiger partial charge is 0.480 e. The molecule has 0 fully saturated rings. The molecule has 0 bridgehead atoms. The molecule has 123 valence electrons. The van der Waals surface area contributed by atoms with Gasteiger partial charge in [0.25, 0.3) is 0 Å². The zero-order chi connectivity index (χ0) is 17.1. The van der Waals surface area contributed by atoms with Gasteiger partial charge in [0.15, 0.2) is 12.5 Å². The van der Waals surface area contributed by atoms with Crippen LogP contribution in [0.2, 0.25) is 10.0 Å². The van der Waals surface area contributed by atoms with Crippen LogP contribution in [0.5, 0.6) is 5.75 Å². The number of carbonyl (C=O) groups excluding carboxylic acids is 1. The average Bonchev–Trinajstić information content (AvgIpc) is 2.49. The number of aromatic nitrogens is 1. The van der Waals surface area contributed by atoms with Crippen LogP contribution < -0.4 is 10.5 Å². The fraction of sp³-hybridized carbons (Fsp3) is 0.133. The van der Waals surface area contributed by atoms with E-state index in [2.05, 4.69) is 11.2 Å². The summed E-state index contributed by atoms with van der Waals surface area (Å²) in [5.74, 6) is -1.61. The minimum absolute atomic E-state index is 0. The second-order valence-corrected chi connectivity index (χ2v) is 5.36. The molecule has 0 atom stereocenters. The Hall–Kier alpha value is -1.21. The molecular formula is C15H11Cl2N2O4Y-. The zero-order valence-corrected chi connectivity index (χ0v) is 16.8. The molecule has 1 radical (unpaired) electrons. The van der Waals surface area contributed by atoms with Gasteiger partial charge in [0.1, 0.15) is 10.8 Å². The molecule has 6 nitrogen and oxygen atoms in total. The Labute approximate surface area is 173 Å². The van der Waals surface area contributed by atoms with Crippen molar-refractivity contribution in [2.75, 3.05) is 6.61 Å². The number of nitrogens with two attached hydrogens (primary N) is 1. The molecule has 2 rings (SSSR count). The Kier molecular flexibility index (Phi) is 7.61. The van der Waals surface area contributed by atoms with Crippen molar-refractivity contribution < 1.29 is 52.1 Å². The predicted octanol–water partition coefficient (Wildman–Crippen LogP) is 2.72. The Morgan fingerprint density at radius 1 is 1.33 bits per heavy atom. The molecule has 24 heavy (non-hydrogen) atoms. The number of aliphatic carboxylic acids is 1. The summed E-state index contributed by atoms with van der Waals surface area (Å²) in [5.41, 5.74) is 6.99. The topological polar surface area (TPSA) is 103 Å². The number of hydrogen-bond acceptors (Lipinski definition) is 4. The van der Waals surface area contributed by atoms with Gasteiger partial charge in [-0.05, 0) is 23.5 Å². The van der Waals surface area contributed by atoms with Crippen LogP contribution in [0.1, 0.15) is 15.9 Å². The molecule has 0 aliphatic carbocycles. The summed E-state index contributed by atoms with van der Waals surface area (Å²) in [6.45, 7) is 1.20. The third kappa shape index (κ3) is 4.66. The number of ether oxygens (including phenoxy) is 1. The first-order valence-electron chi connectivity index (χ1n) is 6.33. The number of carboxylic acid groups (broad SMARTS) is 1. The average molecular weight is 443 g/mol. The molecule has 1 heterocycles. The van der Waals surface area contributed by atoms with E-state index in [0.29, 0.717) is 16.8 Å². The van der Waals surface area contributed by atoms with E-state index in [0.717, 1.165) is 0 Å². The fourth-order valence-electron chi connectivity index (χ4n) is 1.89. The fourth-order valence-corrected chi connectivity index (χ4v) is 2.35. The summed E-state index contributed by atoms with van der Waals surface area (Å²) in [5, 5.41) is 8.85. The van der Waals surface area contributed by atoms with Crippen molar-refractivity contribution in [3.63, 3.8) is 0 Å². The van der Waals surface area contributed by atoms with Gasteiger partial charge in [-0.25, -0.2) is 4.79 Å². The van der Waals surface area contributed by atoms with Gasteiger partial charge >= 0.3 is 5.97 Å². The number of halogens is 2. The molecule has 0 saturated carbocycles. The monoisotopic (exact) mass is 442 g/mol. The van der Waals surface area contributed by atoms with Crippen LogP contribution >= 0.6 is 23.2 Å². The Balaban J connectivity index is 0.00000288. The third-order valence-electron chi connectivity index (χ3n) is 2.94. The number of pyridine rings is 1. The van der Waals surface area contributed by atoms with E-state index in [1.54, 1.807) is 19.1 Å². The number of benzene rings is 1. The molecule has 9 heteroatoms. The molecular weight excluding hydrogens is 432 g/mol. The number of rotatable bonds is 5. The van der Waals surface area contributed by atoms with Crippen molar-refractivity contribution in [2.24, 2.45) is 5.73 Å². The molecule has 1 aromatic heterocycles. The molecule has 0 unspecified atom stereocenters. The van der Waals surface area contributed by atoms with Gasteiger partial charge < -0.3 is 25.4 Å². The van der Waals surface area contributed by atoms with Crippen LogP contribution in [0.3, 0.4) is 0 Å². The first kappa shape index (κ1) is 20.8. The van der Waals surface area contributed by atoms with Crippen LogP contribution in [0, 0.1) is 13.1 Å². The first-order chi connectivity index (χ1) is 10.8. The molecule has 2 aromatic rings. The van der Waals surface area contributed by atoms with Crippen molar-refractivity contribution >= 4 is 35.1 Å². The van der Waals surface area contributed by atoms with Crippen LogP contribution in [0.15, 0.2) is 18.2 Å². The summed E-state index contributed by atoms with van der Waals surface area (Å²) in [6.07, 6.45) is 2.54. The van der Waals surface area contributed by atoms with E-state index >= 15 is 0 Å². The summed E-state index contributed by atoms with van der Waals surface area (Å²) >= 11 is 12.3. The molecule has 1 aromatic carbocycles. The van der Waals surface area contributed by atoms with E-state index in [4.69, 9.17) is 38.8 Å². The normalized spacial score (nSPS) is 9.96. The number of aryl methyl sites for hydroxylation is 1. The molecule has 0 spiro atoms. The van der Waals surface area contributed by atoms with Crippen LogP contribution in [0.25, 0.3) is 11.3 Å². The minimum Gasteiger partial charge on any atom is -0.480 e. The maximum Gasteiger partial charge on any atom is 0.341 e. The van der Waals surface area contributed by atoms with Crippen LogP contribution in [-0.2, 0) is 37.5 Å². The minimum atomic E-state index is -1.13. The summed E-state index contributed by atoms with van der Waals surface area (Å²) < 4.78 is 5.05. The Morgan fingerprint density at radius 3 is 2.54 bits per heavy atom. The number of primary amides is 1. The maximum absolute atomic E-state index is 11.1. The van der Waals surface area contributed by atoms with Crippen LogP contribution in [-0.4, -0.2) is 28.6 Å². The maximum atomic E-state index is 11.1. The standard InChI is InChI=1S/C15H11Cl2N2O4.Y/c1-7-4-8(15(18)22)5-19-14(7)9-2-3-10(13(17)12(9)16)23-6-11(20)21;/h2-4H,6H2,1H3,(H2,18,22)(H,20,21);/q-1;. The van der Waals surface area contributed by atoms with Gasteiger partial charge in [0.2, 0.25) is 0 Å². The predicted molar refractivity (Wildman–Crippen MR) is 84.9 cm³/mol. The van der Waals surface area contributed by atoms with E-state index in [1.807, 2.05) is 0 Å². The Morgan fingerprint density at radius 2 is 2.00 bits per heavy atom. The number of carbonyl (C=O) groups is 2. The van der Waals surface area contributed by atoms with Crippen molar-refractivity contribution in [3.8, 4) is 17.0 Å². The van der Waals surface area contributed by atoms with E-state index in [9.17, 15) is 9.59 Å². The van der Waals surface area contributed by atoms with Gasteiger partial charge in [-0.15, -0.1) is 11.6 Å². The molecule has 0 aliphatic rings. The second-order valence-electron chi connectivity index (χ2n) is 4.60. The van der Waals surface area contributed by atoms with Gasteiger partial charge in [-0.3, -0.25) is 0 Å². The molecule has 3 N–H and O–H groups in total. The van der Waals surface area contributed by atoms with Gasteiger partial charge in [0, 0.05) is 32.7 Å². The molecule has 1 amide bonds. The van der Waals surface area contributed by atoms with E-state index < -0.39 is 18.5 Å². The van der Waals surface area contributed by atoms with E-state index in [1.165, 1.54) is 6.07 Å². The molecule has 0 aliphatic heterocycles. The smallest absolute Gasteiger partial charge is 0.341 e. The summed E-state index contributed by atoms with van der Waals surface area (Å²) in [7, 11) is 0. The van der Waals surface area contributed by atoms with Gasteiger partial charge in [0.05, 0.1) is 5.02 Å². The zero-order valence-electron chi connectivity index (χ0n) is 12.5. The van der Waals surface area contributed by atoms with Crippen molar-refractivity contribution in [3.05, 3.63) is 45.6 Å². The summed E-state index contributed by atoms with van der Waals surface area (Å²) in [6, 6.07) is 4.64. The quantitative estimate of drug-likeness (QED) is 0.693. The number of nitrogens with zero attached hydrogens (tertiary/aromatic N) is 1. The van der Waals surface area contributed by atoms with Gasteiger partial charge in [-0.1, -0.05) is 41.8 Å².